The Morgan fingerprint density at radius 1 is 1.27 bits per heavy atom. The van der Waals surface area contributed by atoms with Gasteiger partial charge in [0.05, 0.1) is 24.8 Å². The number of carbonyl (C=O) groups excluding carboxylic acids is 1. The van der Waals surface area contributed by atoms with Crippen molar-refractivity contribution in [1.29, 1.82) is 0 Å². The molecule has 1 N–H and O–H groups in total. The molecular weight excluding hydrogens is 384 g/mol. The van der Waals surface area contributed by atoms with Gasteiger partial charge in [-0.3, -0.25) is 14.5 Å². The SMILES string of the molecule is Cc1cccc(C(CNC(=O)c2c(C)oc3ncn(C)c(=O)c23)N2CCOCC2)c1. The summed E-state index contributed by atoms with van der Waals surface area (Å²) in [5, 5.41) is 3.24. The number of hydrogen-bond donors (Lipinski definition) is 1. The van der Waals surface area contributed by atoms with E-state index in [1.165, 1.54) is 16.5 Å². The van der Waals surface area contributed by atoms with Crippen molar-refractivity contribution in [2.45, 2.75) is 19.9 Å². The highest BCUT2D eigenvalue weighted by Crippen LogP contribution is 2.24. The van der Waals surface area contributed by atoms with E-state index in [0.717, 1.165) is 18.7 Å². The molecule has 1 unspecified atom stereocenters. The monoisotopic (exact) mass is 410 g/mol. The molecule has 1 aliphatic rings. The largest absolute Gasteiger partial charge is 0.442 e. The molecule has 1 saturated heterocycles. The van der Waals surface area contributed by atoms with Crippen molar-refractivity contribution in [3.63, 3.8) is 0 Å². The second-order valence-electron chi connectivity index (χ2n) is 7.66. The molecule has 30 heavy (non-hydrogen) atoms. The number of hydrogen-bond acceptors (Lipinski definition) is 6. The minimum absolute atomic E-state index is 0.0113. The molecule has 0 aliphatic carbocycles. The number of fused-ring (bicyclic) bond motifs is 1. The number of amides is 1. The van der Waals surface area contributed by atoms with E-state index in [1.54, 1.807) is 14.0 Å². The quantitative estimate of drug-likeness (QED) is 0.692. The first-order chi connectivity index (χ1) is 14.5. The number of benzene rings is 1. The van der Waals surface area contributed by atoms with Gasteiger partial charge in [-0.15, -0.1) is 0 Å². The van der Waals surface area contributed by atoms with Gasteiger partial charge in [-0.2, -0.15) is 0 Å². The summed E-state index contributed by atoms with van der Waals surface area (Å²) in [7, 11) is 1.60. The fraction of sp³-hybridized carbons (Fsp3) is 0.409. The molecule has 0 bridgehead atoms. The van der Waals surface area contributed by atoms with E-state index >= 15 is 0 Å². The Morgan fingerprint density at radius 3 is 2.77 bits per heavy atom. The lowest BCUT2D eigenvalue weighted by Gasteiger charge is -2.35. The highest BCUT2D eigenvalue weighted by atomic mass is 16.5. The van der Waals surface area contributed by atoms with Crippen molar-refractivity contribution in [2.24, 2.45) is 7.05 Å². The molecule has 0 radical (unpaired) electrons. The maximum absolute atomic E-state index is 13.1. The Morgan fingerprint density at radius 2 is 2.03 bits per heavy atom. The van der Waals surface area contributed by atoms with Crippen molar-refractivity contribution in [3.8, 4) is 0 Å². The predicted molar refractivity (Wildman–Crippen MR) is 113 cm³/mol. The number of ether oxygens (including phenoxy) is 1. The number of furan rings is 1. The lowest BCUT2D eigenvalue weighted by atomic mass is 10.0. The van der Waals surface area contributed by atoms with Gasteiger partial charge >= 0.3 is 0 Å². The van der Waals surface area contributed by atoms with Crippen molar-refractivity contribution >= 4 is 17.0 Å². The van der Waals surface area contributed by atoms with Gasteiger partial charge in [0.2, 0.25) is 5.71 Å². The van der Waals surface area contributed by atoms with Crippen LogP contribution >= 0.6 is 0 Å². The minimum Gasteiger partial charge on any atom is -0.442 e. The number of nitrogens with zero attached hydrogens (tertiary/aromatic N) is 3. The molecule has 0 spiro atoms. The van der Waals surface area contributed by atoms with Crippen LogP contribution < -0.4 is 10.9 Å². The number of rotatable bonds is 5. The highest BCUT2D eigenvalue weighted by molar-refractivity contribution is 6.06. The normalized spacial score (nSPS) is 16.0. The van der Waals surface area contributed by atoms with E-state index in [-0.39, 0.29) is 34.2 Å². The summed E-state index contributed by atoms with van der Waals surface area (Å²) in [4.78, 5) is 32.1. The van der Waals surface area contributed by atoms with Gasteiger partial charge in [-0.1, -0.05) is 29.8 Å². The predicted octanol–water partition coefficient (Wildman–Crippen LogP) is 1.95. The number of aryl methyl sites for hydroxylation is 3. The second kappa shape index (κ2) is 8.41. The van der Waals surface area contributed by atoms with Crippen LogP contribution in [0.15, 0.2) is 39.8 Å². The summed E-state index contributed by atoms with van der Waals surface area (Å²) in [6, 6.07) is 8.32. The van der Waals surface area contributed by atoms with Gasteiger partial charge in [0.1, 0.15) is 17.5 Å². The fourth-order valence-corrected chi connectivity index (χ4v) is 3.96. The number of aromatic nitrogens is 2. The zero-order valence-electron chi connectivity index (χ0n) is 17.5. The van der Waals surface area contributed by atoms with Crippen molar-refractivity contribution < 1.29 is 13.9 Å². The molecular formula is C22H26N4O4. The van der Waals surface area contributed by atoms with E-state index in [9.17, 15) is 9.59 Å². The molecule has 1 aromatic carbocycles. The number of nitrogens with one attached hydrogen (secondary N) is 1. The van der Waals surface area contributed by atoms with Crippen molar-refractivity contribution in [1.82, 2.24) is 19.8 Å². The molecule has 158 valence electrons. The van der Waals surface area contributed by atoms with Crippen LogP contribution in [0.3, 0.4) is 0 Å². The third-order valence-corrected chi connectivity index (χ3v) is 5.54. The Hall–Kier alpha value is -2.97. The Bertz CT molecular complexity index is 1130. The Balaban J connectivity index is 1.62. The first-order valence-corrected chi connectivity index (χ1v) is 10.1. The van der Waals surface area contributed by atoms with Crippen LogP contribution in [-0.2, 0) is 11.8 Å². The smallest absolute Gasteiger partial charge is 0.265 e. The van der Waals surface area contributed by atoms with Crippen LogP contribution in [0.25, 0.3) is 11.1 Å². The second-order valence-corrected chi connectivity index (χ2v) is 7.66. The Kier molecular flexibility index (Phi) is 5.69. The molecule has 3 aromatic rings. The van der Waals surface area contributed by atoms with Gasteiger partial charge in [-0.25, -0.2) is 4.98 Å². The van der Waals surface area contributed by atoms with Crippen molar-refractivity contribution in [3.05, 3.63) is 63.4 Å². The van der Waals surface area contributed by atoms with Gasteiger partial charge < -0.3 is 19.0 Å². The Labute approximate surface area is 174 Å². The van der Waals surface area contributed by atoms with Crippen molar-refractivity contribution in [2.75, 3.05) is 32.8 Å². The highest BCUT2D eigenvalue weighted by Gasteiger charge is 2.26. The molecule has 1 amide bonds. The molecule has 1 fully saturated rings. The summed E-state index contributed by atoms with van der Waals surface area (Å²) in [5.74, 6) is 0.0547. The molecule has 8 nitrogen and oxygen atoms in total. The van der Waals surface area contributed by atoms with E-state index in [4.69, 9.17) is 9.15 Å². The third kappa shape index (κ3) is 3.88. The van der Waals surface area contributed by atoms with Gasteiger partial charge in [0, 0.05) is 26.7 Å². The summed E-state index contributed by atoms with van der Waals surface area (Å²) in [5.41, 5.74) is 2.45. The third-order valence-electron chi connectivity index (χ3n) is 5.54. The summed E-state index contributed by atoms with van der Waals surface area (Å²) in [6.45, 7) is 7.08. The first kappa shape index (κ1) is 20.3. The van der Waals surface area contributed by atoms with Crippen LogP contribution in [0.5, 0.6) is 0 Å². The summed E-state index contributed by atoms with van der Waals surface area (Å²) >= 11 is 0. The van der Waals surface area contributed by atoms with Crippen LogP contribution in [0.4, 0.5) is 0 Å². The van der Waals surface area contributed by atoms with E-state index in [2.05, 4.69) is 40.3 Å². The van der Waals surface area contributed by atoms with Crippen LogP contribution in [0, 0.1) is 13.8 Å². The maximum Gasteiger partial charge on any atom is 0.265 e. The number of morpholine rings is 1. The number of carbonyl (C=O) groups is 1. The van der Waals surface area contributed by atoms with E-state index in [1.807, 2.05) is 6.07 Å². The lowest BCUT2D eigenvalue weighted by molar-refractivity contribution is 0.0162. The van der Waals surface area contributed by atoms with Gasteiger partial charge in [-0.05, 0) is 19.4 Å². The molecule has 2 aromatic heterocycles. The van der Waals surface area contributed by atoms with Crippen LogP contribution in [0.2, 0.25) is 0 Å². The lowest BCUT2D eigenvalue weighted by Crippen LogP contribution is -2.44. The average Bonchev–Trinajstić information content (AvgIpc) is 3.08. The van der Waals surface area contributed by atoms with Gasteiger partial charge in [0.25, 0.3) is 11.5 Å². The molecule has 0 saturated carbocycles. The first-order valence-electron chi connectivity index (χ1n) is 10.1. The van der Waals surface area contributed by atoms with E-state index in [0.29, 0.717) is 25.5 Å². The molecule has 3 heterocycles. The zero-order chi connectivity index (χ0) is 21.3. The topological polar surface area (TPSA) is 89.6 Å². The zero-order valence-corrected chi connectivity index (χ0v) is 17.5. The summed E-state index contributed by atoms with van der Waals surface area (Å²) < 4.78 is 12.4. The van der Waals surface area contributed by atoms with E-state index < -0.39 is 0 Å². The fourth-order valence-electron chi connectivity index (χ4n) is 3.96. The van der Waals surface area contributed by atoms with Crippen LogP contribution in [0.1, 0.15) is 33.3 Å². The molecule has 8 heteroatoms. The van der Waals surface area contributed by atoms with Crippen LogP contribution in [-0.4, -0.2) is 53.2 Å². The molecule has 1 atom stereocenters. The summed E-state index contributed by atoms with van der Waals surface area (Å²) in [6.07, 6.45) is 1.39. The molecule has 4 rings (SSSR count). The minimum atomic E-state index is -0.331. The molecule has 1 aliphatic heterocycles. The standard InChI is InChI=1S/C22H26N4O4/c1-14-5-4-6-16(11-14)17(26-7-9-29-10-8-26)12-23-20(27)18-15(2)30-21-19(18)22(28)25(3)13-24-21/h4-6,11,13,17H,7-10,12H2,1-3H3,(H,23,27). The maximum atomic E-state index is 13.1. The average molecular weight is 410 g/mol. The van der Waals surface area contributed by atoms with Gasteiger partial charge in [0.15, 0.2) is 0 Å².